The van der Waals surface area contributed by atoms with E-state index in [1.54, 1.807) is 0 Å². The Hall–Kier alpha value is -0.610. The zero-order valence-corrected chi connectivity index (χ0v) is 11.5. The minimum atomic E-state index is 0.0123. The molecule has 18 heavy (non-hydrogen) atoms. The molecule has 2 fully saturated rings. The van der Waals surface area contributed by atoms with Crippen LogP contribution < -0.4 is 5.32 Å². The van der Waals surface area contributed by atoms with Gasteiger partial charge in [0, 0.05) is 19.7 Å². The molecule has 0 aromatic heterocycles. The molecular formula is C14H26N2O2. The average molecular weight is 254 g/mol. The second-order valence-corrected chi connectivity index (χ2v) is 5.46. The highest BCUT2D eigenvalue weighted by atomic mass is 16.5. The fourth-order valence-electron chi connectivity index (χ4n) is 2.93. The number of likely N-dealkylation sites (tertiary alicyclic amines) is 1. The van der Waals surface area contributed by atoms with Gasteiger partial charge in [-0.05, 0) is 39.2 Å². The van der Waals surface area contributed by atoms with Gasteiger partial charge in [0.1, 0.15) is 0 Å². The molecule has 1 N–H and O–H groups in total. The van der Waals surface area contributed by atoms with Crippen molar-refractivity contribution in [3.63, 3.8) is 0 Å². The van der Waals surface area contributed by atoms with Crippen LogP contribution in [0.2, 0.25) is 0 Å². The lowest BCUT2D eigenvalue weighted by Crippen LogP contribution is -2.46. The first-order valence-corrected chi connectivity index (χ1v) is 7.39. The first kappa shape index (κ1) is 13.8. The van der Waals surface area contributed by atoms with Crippen LogP contribution in [0.4, 0.5) is 0 Å². The minimum absolute atomic E-state index is 0.0123. The molecule has 0 aliphatic carbocycles. The van der Waals surface area contributed by atoms with Crippen LogP contribution in [0.3, 0.4) is 0 Å². The quantitative estimate of drug-likeness (QED) is 0.831. The fourth-order valence-corrected chi connectivity index (χ4v) is 2.93. The molecule has 4 heteroatoms. The lowest BCUT2D eigenvalue weighted by molar-refractivity contribution is -0.134. The monoisotopic (exact) mass is 254 g/mol. The summed E-state index contributed by atoms with van der Waals surface area (Å²) in [6.45, 7) is 2.55. The third-order valence-corrected chi connectivity index (χ3v) is 4.08. The topological polar surface area (TPSA) is 41.6 Å². The van der Waals surface area contributed by atoms with Crippen molar-refractivity contribution in [3.05, 3.63) is 0 Å². The number of rotatable bonds is 3. The number of likely N-dealkylation sites (N-methyl/N-ethyl adjacent to an activating group) is 1. The maximum absolute atomic E-state index is 12.3. The van der Waals surface area contributed by atoms with Crippen LogP contribution in [0.1, 0.15) is 44.9 Å². The van der Waals surface area contributed by atoms with Crippen molar-refractivity contribution in [2.24, 2.45) is 0 Å². The first-order chi connectivity index (χ1) is 8.81. The first-order valence-electron chi connectivity index (χ1n) is 7.39. The van der Waals surface area contributed by atoms with E-state index in [1.807, 2.05) is 11.9 Å². The van der Waals surface area contributed by atoms with Gasteiger partial charge in [-0.25, -0.2) is 0 Å². The van der Waals surface area contributed by atoms with E-state index in [0.717, 1.165) is 45.4 Å². The van der Waals surface area contributed by atoms with E-state index in [-0.39, 0.29) is 18.1 Å². The van der Waals surface area contributed by atoms with Gasteiger partial charge in [-0.15, -0.1) is 0 Å². The average Bonchev–Trinajstić information content (AvgIpc) is 2.73. The van der Waals surface area contributed by atoms with Crippen molar-refractivity contribution in [3.8, 4) is 0 Å². The second-order valence-electron chi connectivity index (χ2n) is 5.46. The van der Waals surface area contributed by atoms with Crippen LogP contribution in [-0.4, -0.2) is 49.7 Å². The summed E-state index contributed by atoms with van der Waals surface area (Å²) >= 11 is 0. The summed E-state index contributed by atoms with van der Waals surface area (Å²) in [6.07, 6.45) is 8.27. The third kappa shape index (κ3) is 3.69. The Bertz CT molecular complexity index is 263. The summed E-state index contributed by atoms with van der Waals surface area (Å²) in [6, 6.07) is 0.0123. The fraction of sp³-hybridized carbons (Fsp3) is 0.929. The molecule has 1 amide bonds. The molecule has 2 unspecified atom stereocenters. The Morgan fingerprint density at radius 1 is 1.22 bits per heavy atom. The number of hydrogen-bond acceptors (Lipinski definition) is 3. The van der Waals surface area contributed by atoms with Crippen LogP contribution in [0.5, 0.6) is 0 Å². The molecule has 0 aromatic rings. The molecular weight excluding hydrogens is 228 g/mol. The molecule has 4 nitrogen and oxygen atoms in total. The Kier molecular flexibility index (Phi) is 5.45. The summed E-state index contributed by atoms with van der Waals surface area (Å²) in [5.41, 5.74) is 0. The van der Waals surface area contributed by atoms with Crippen LogP contribution >= 0.6 is 0 Å². The molecule has 0 spiro atoms. The van der Waals surface area contributed by atoms with Crippen molar-refractivity contribution < 1.29 is 9.53 Å². The predicted molar refractivity (Wildman–Crippen MR) is 71.5 cm³/mol. The Morgan fingerprint density at radius 3 is 2.89 bits per heavy atom. The van der Waals surface area contributed by atoms with Crippen molar-refractivity contribution in [1.82, 2.24) is 10.2 Å². The van der Waals surface area contributed by atoms with Gasteiger partial charge in [0.15, 0.2) is 0 Å². The van der Waals surface area contributed by atoms with Crippen LogP contribution in [-0.2, 0) is 9.53 Å². The van der Waals surface area contributed by atoms with Gasteiger partial charge < -0.3 is 15.0 Å². The van der Waals surface area contributed by atoms with Crippen molar-refractivity contribution >= 4 is 5.91 Å². The van der Waals surface area contributed by atoms with E-state index in [4.69, 9.17) is 4.74 Å². The molecule has 2 rings (SSSR count). The zero-order chi connectivity index (χ0) is 12.8. The lowest BCUT2D eigenvalue weighted by Gasteiger charge is -2.28. The molecule has 0 bridgehead atoms. The number of carbonyl (C=O) groups excluding carboxylic acids is 1. The smallest absolute Gasteiger partial charge is 0.239 e. The maximum atomic E-state index is 12.3. The highest BCUT2D eigenvalue weighted by molar-refractivity contribution is 5.82. The van der Waals surface area contributed by atoms with Gasteiger partial charge in [-0.2, -0.15) is 0 Å². The van der Waals surface area contributed by atoms with E-state index in [9.17, 15) is 4.79 Å². The van der Waals surface area contributed by atoms with Crippen molar-refractivity contribution in [2.75, 3.05) is 26.7 Å². The standard InChI is InChI=1S/C14H26N2O2/c1-15-13-8-4-5-9-16(14(13)17)11-12-7-3-2-6-10-18-12/h12-13,15H,2-11H2,1H3. The number of nitrogens with one attached hydrogen (secondary N) is 1. The number of carbonyl (C=O) groups is 1. The molecule has 2 heterocycles. The largest absolute Gasteiger partial charge is 0.376 e. The van der Waals surface area contributed by atoms with E-state index >= 15 is 0 Å². The summed E-state index contributed by atoms with van der Waals surface area (Å²) in [4.78, 5) is 14.4. The summed E-state index contributed by atoms with van der Waals surface area (Å²) in [5.74, 6) is 0.267. The van der Waals surface area contributed by atoms with E-state index < -0.39 is 0 Å². The van der Waals surface area contributed by atoms with Gasteiger partial charge in [0.25, 0.3) is 0 Å². The summed E-state index contributed by atoms with van der Waals surface area (Å²) in [5, 5.41) is 3.14. The molecule has 2 saturated heterocycles. The highest BCUT2D eigenvalue weighted by Crippen LogP contribution is 2.17. The predicted octanol–water partition coefficient (Wildman–Crippen LogP) is 1.55. The summed E-state index contributed by atoms with van der Waals surface area (Å²) in [7, 11) is 1.88. The van der Waals surface area contributed by atoms with Gasteiger partial charge in [0.2, 0.25) is 5.91 Å². The summed E-state index contributed by atoms with van der Waals surface area (Å²) < 4.78 is 5.85. The number of amides is 1. The third-order valence-electron chi connectivity index (χ3n) is 4.08. The van der Waals surface area contributed by atoms with Gasteiger partial charge >= 0.3 is 0 Å². The second kappa shape index (κ2) is 7.10. The van der Waals surface area contributed by atoms with Crippen molar-refractivity contribution in [1.29, 1.82) is 0 Å². The highest BCUT2D eigenvalue weighted by Gasteiger charge is 2.27. The van der Waals surface area contributed by atoms with E-state index in [2.05, 4.69) is 5.32 Å². The van der Waals surface area contributed by atoms with Gasteiger partial charge in [-0.1, -0.05) is 12.8 Å². The molecule has 104 valence electrons. The normalized spacial score (nSPS) is 30.9. The Morgan fingerprint density at radius 2 is 2.06 bits per heavy atom. The molecule has 2 aliphatic heterocycles. The molecule has 2 aliphatic rings. The SMILES string of the molecule is CNC1CCCCN(CC2CCCCCO2)C1=O. The van der Waals surface area contributed by atoms with Gasteiger partial charge in [-0.3, -0.25) is 4.79 Å². The maximum Gasteiger partial charge on any atom is 0.239 e. The molecule has 2 atom stereocenters. The molecule has 0 aromatic carbocycles. The number of hydrogen-bond donors (Lipinski definition) is 1. The van der Waals surface area contributed by atoms with Gasteiger partial charge in [0.05, 0.1) is 12.1 Å². The Labute approximate surface area is 110 Å². The van der Waals surface area contributed by atoms with E-state index in [1.165, 1.54) is 19.3 Å². The van der Waals surface area contributed by atoms with Crippen LogP contribution in [0, 0.1) is 0 Å². The van der Waals surface area contributed by atoms with E-state index in [0.29, 0.717) is 0 Å². The zero-order valence-electron chi connectivity index (χ0n) is 11.5. The lowest BCUT2D eigenvalue weighted by atomic mass is 10.1. The minimum Gasteiger partial charge on any atom is -0.376 e. The van der Waals surface area contributed by atoms with Crippen LogP contribution in [0.25, 0.3) is 0 Å². The van der Waals surface area contributed by atoms with Crippen molar-refractivity contribution in [2.45, 2.75) is 57.1 Å². The molecule has 0 radical (unpaired) electrons. The Balaban J connectivity index is 1.90. The van der Waals surface area contributed by atoms with Crippen LogP contribution in [0.15, 0.2) is 0 Å². The number of ether oxygens (including phenoxy) is 1. The number of nitrogens with zero attached hydrogens (tertiary/aromatic N) is 1. The molecule has 0 saturated carbocycles.